The second kappa shape index (κ2) is 4.13. The van der Waals surface area contributed by atoms with Gasteiger partial charge in [0.15, 0.2) is 0 Å². The van der Waals surface area contributed by atoms with Gasteiger partial charge in [0.25, 0.3) is 0 Å². The van der Waals surface area contributed by atoms with Gasteiger partial charge in [-0.25, -0.2) is 0 Å². The number of halogens is 1. The van der Waals surface area contributed by atoms with Gasteiger partial charge in [-0.3, -0.25) is 4.68 Å². The molecule has 0 radical (unpaired) electrons. The first-order valence-electron chi connectivity index (χ1n) is 4.67. The number of hydrogen-bond donors (Lipinski definition) is 1. The third-order valence-corrected chi connectivity index (χ3v) is 4.27. The fourth-order valence-corrected chi connectivity index (χ4v) is 3.34. The minimum Gasteiger partial charge on any atom is -0.386 e. The molecular weight excluding hydrogens is 220 g/mol. The molecule has 1 N–H and O–H groups in total. The van der Waals surface area contributed by atoms with Gasteiger partial charge in [-0.2, -0.15) is 16.9 Å². The van der Waals surface area contributed by atoms with E-state index in [9.17, 15) is 5.11 Å². The molecule has 5 heteroatoms. The van der Waals surface area contributed by atoms with Crippen molar-refractivity contribution in [1.29, 1.82) is 0 Å². The molecule has 1 fully saturated rings. The van der Waals surface area contributed by atoms with Crippen molar-refractivity contribution in [3.63, 3.8) is 0 Å². The molecule has 0 aliphatic carbocycles. The van der Waals surface area contributed by atoms with E-state index in [0.717, 1.165) is 17.9 Å². The Bertz CT molecular complexity index is 303. The predicted octanol–water partition coefficient (Wildman–Crippen LogP) is 2.00. The van der Waals surface area contributed by atoms with Crippen molar-refractivity contribution in [2.75, 3.05) is 5.75 Å². The molecule has 14 heavy (non-hydrogen) atoms. The van der Waals surface area contributed by atoms with Crippen LogP contribution in [-0.2, 0) is 7.05 Å². The molecular formula is C9H13ClN2OS. The first kappa shape index (κ1) is 10.3. The van der Waals surface area contributed by atoms with Crippen LogP contribution in [0.4, 0.5) is 0 Å². The van der Waals surface area contributed by atoms with Crippen LogP contribution in [0, 0.1) is 0 Å². The molecule has 1 aromatic heterocycles. The Morgan fingerprint density at radius 1 is 1.79 bits per heavy atom. The summed E-state index contributed by atoms with van der Waals surface area (Å²) < 4.78 is 1.66. The van der Waals surface area contributed by atoms with Crippen LogP contribution in [-0.4, -0.2) is 25.9 Å². The molecule has 0 aromatic carbocycles. The molecule has 0 spiro atoms. The van der Waals surface area contributed by atoms with E-state index in [4.69, 9.17) is 11.6 Å². The van der Waals surface area contributed by atoms with Gasteiger partial charge in [-0.15, -0.1) is 0 Å². The van der Waals surface area contributed by atoms with Crippen LogP contribution in [0.25, 0.3) is 0 Å². The Morgan fingerprint density at radius 3 is 3.07 bits per heavy atom. The van der Waals surface area contributed by atoms with Gasteiger partial charge < -0.3 is 5.11 Å². The molecule has 1 aliphatic heterocycles. The molecule has 1 aromatic rings. The summed E-state index contributed by atoms with van der Waals surface area (Å²) in [7, 11) is 1.81. The lowest BCUT2D eigenvalue weighted by Gasteiger charge is -2.17. The lowest BCUT2D eigenvalue weighted by atomic mass is 10.1. The first-order chi connectivity index (χ1) is 6.70. The zero-order chi connectivity index (χ0) is 10.1. The van der Waals surface area contributed by atoms with E-state index in [2.05, 4.69) is 5.10 Å². The molecule has 0 saturated carbocycles. The highest BCUT2D eigenvalue weighted by Crippen LogP contribution is 2.37. The summed E-state index contributed by atoms with van der Waals surface area (Å²) >= 11 is 7.78. The molecule has 2 unspecified atom stereocenters. The van der Waals surface area contributed by atoms with Gasteiger partial charge >= 0.3 is 0 Å². The zero-order valence-electron chi connectivity index (χ0n) is 7.98. The minimum atomic E-state index is -0.484. The van der Waals surface area contributed by atoms with Gasteiger partial charge in [0.1, 0.15) is 6.10 Å². The molecule has 1 aliphatic rings. The Balaban J connectivity index is 2.21. The second-order valence-corrected chi connectivity index (χ2v) is 5.25. The third-order valence-electron chi connectivity index (χ3n) is 2.53. The topological polar surface area (TPSA) is 38.0 Å². The fourth-order valence-electron chi connectivity index (χ4n) is 1.78. The summed E-state index contributed by atoms with van der Waals surface area (Å²) in [5.41, 5.74) is 0.742. The second-order valence-electron chi connectivity index (χ2n) is 3.50. The van der Waals surface area contributed by atoms with Crippen molar-refractivity contribution in [3.8, 4) is 0 Å². The summed E-state index contributed by atoms with van der Waals surface area (Å²) in [6.45, 7) is 0. The number of aromatic nitrogens is 2. The average molecular weight is 233 g/mol. The van der Waals surface area contributed by atoms with Gasteiger partial charge in [0, 0.05) is 12.3 Å². The molecule has 3 nitrogen and oxygen atoms in total. The lowest BCUT2D eigenvalue weighted by molar-refractivity contribution is 0.163. The number of aryl methyl sites for hydroxylation is 1. The highest BCUT2D eigenvalue weighted by Gasteiger charge is 2.28. The van der Waals surface area contributed by atoms with Gasteiger partial charge in [0.05, 0.1) is 16.9 Å². The van der Waals surface area contributed by atoms with Crippen LogP contribution in [0.1, 0.15) is 24.6 Å². The maximum atomic E-state index is 10.1. The maximum Gasteiger partial charge on any atom is 0.109 e. The smallest absolute Gasteiger partial charge is 0.109 e. The van der Waals surface area contributed by atoms with Crippen LogP contribution >= 0.6 is 23.4 Å². The van der Waals surface area contributed by atoms with Crippen molar-refractivity contribution >= 4 is 23.4 Å². The van der Waals surface area contributed by atoms with Crippen LogP contribution in [0.2, 0.25) is 5.02 Å². The average Bonchev–Trinajstić information content (AvgIpc) is 2.75. The van der Waals surface area contributed by atoms with Crippen molar-refractivity contribution in [3.05, 3.63) is 16.9 Å². The number of aliphatic hydroxyl groups excluding tert-OH is 1. The van der Waals surface area contributed by atoms with E-state index in [0.29, 0.717) is 5.02 Å². The Kier molecular flexibility index (Phi) is 3.04. The van der Waals surface area contributed by atoms with E-state index >= 15 is 0 Å². The highest BCUT2D eigenvalue weighted by molar-refractivity contribution is 8.00. The minimum absolute atomic E-state index is 0.280. The van der Waals surface area contributed by atoms with Gasteiger partial charge in [-0.1, -0.05) is 11.6 Å². The van der Waals surface area contributed by atoms with E-state index in [-0.39, 0.29) is 5.25 Å². The summed E-state index contributed by atoms with van der Waals surface area (Å²) in [5.74, 6) is 1.14. The predicted molar refractivity (Wildman–Crippen MR) is 58.7 cm³/mol. The SMILES string of the molecule is Cn1ncc(Cl)c1C(O)C1CCCS1. The molecule has 0 amide bonds. The number of rotatable bonds is 2. The van der Waals surface area contributed by atoms with Crippen molar-refractivity contribution in [2.24, 2.45) is 7.05 Å². The van der Waals surface area contributed by atoms with E-state index < -0.39 is 6.10 Å². The lowest BCUT2D eigenvalue weighted by Crippen LogP contribution is -2.15. The Labute approximate surface area is 92.4 Å². The molecule has 78 valence electrons. The molecule has 2 rings (SSSR count). The van der Waals surface area contributed by atoms with Crippen molar-refractivity contribution in [1.82, 2.24) is 9.78 Å². The summed E-state index contributed by atoms with van der Waals surface area (Å²) in [5, 5.41) is 15.0. The first-order valence-corrected chi connectivity index (χ1v) is 6.10. The van der Waals surface area contributed by atoms with Crippen LogP contribution in [0.15, 0.2) is 6.20 Å². The van der Waals surface area contributed by atoms with Gasteiger partial charge in [-0.05, 0) is 18.6 Å². The van der Waals surface area contributed by atoms with Crippen molar-refractivity contribution in [2.45, 2.75) is 24.2 Å². The quantitative estimate of drug-likeness (QED) is 0.848. The molecule has 2 atom stereocenters. The number of aliphatic hydroxyl groups is 1. The number of hydrogen-bond acceptors (Lipinski definition) is 3. The Morgan fingerprint density at radius 2 is 2.57 bits per heavy atom. The maximum absolute atomic E-state index is 10.1. The summed E-state index contributed by atoms with van der Waals surface area (Å²) in [4.78, 5) is 0. The standard InChI is InChI=1S/C9H13ClN2OS/c1-12-8(6(10)5-11-12)9(13)7-3-2-4-14-7/h5,7,9,13H,2-4H2,1H3. The fraction of sp³-hybridized carbons (Fsp3) is 0.667. The summed E-state index contributed by atoms with van der Waals surface area (Å²) in [6.07, 6.45) is 3.34. The van der Waals surface area contributed by atoms with Crippen LogP contribution in [0.5, 0.6) is 0 Å². The monoisotopic (exact) mass is 232 g/mol. The number of thioether (sulfide) groups is 1. The van der Waals surface area contributed by atoms with Crippen molar-refractivity contribution < 1.29 is 5.11 Å². The van der Waals surface area contributed by atoms with Crippen LogP contribution < -0.4 is 0 Å². The molecule has 1 saturated heterocycles. The normalized spacial score (nSPS) is 24.1. The van der Waals surface area contributed by atoms with E-state index in [1.807, 2.05) is 18.8 Å². The van der Waals surface area contributed by atoms with Crippen LogP contribution in [0.3, 0.4) is 0 Å². The number of nitrogens with zero attached hydrogens (tertiary/aromatic N) is 2. The zero-order valence-corrected chi connectivity index (χ0v) is 9.55. The molecule has 0 bridgehead atoms. The molecule has 2 heterocycles. The van der Waals surface area contributed by atoms with E-state index in [1.54, 1.807) is 10.9 Å². The summed E-state index contributed by atoms with van der Waals surface area (Å²) in [6, 6.07) is 0. The van der Waals surface area contributed by atoms with E-state index in [1.165, 1.54) is 6.42 Å². The Hall–Kier alpha value is -0.190. The third kappa shape index (κ3) is 1.78. The largest absolute Gasteiger partial charge is 0.386 e. The highest BCUT2D eigenvalue weighted by atomic mass is 35.5. The van der Waals surface area contributed by atoms with Gasteiger partial charge in [0.2, 0.25) is 0 Å².